The van der Waals surface area contributed by atoms with Gasteiger partial charge in [-0.3, -0.25) is 14.4 Å². The number of para-hydroxylation sites is 2. The van der Waals surface area contributed by atoms with Crippen molar-refractivity contribution in [1.29, 1.82) is 0 Å². The van der Waals surface area contributed by atoms with E-state index in [1.54, 1.807) is 28.0 Å². The van der Waals surface area contributed by atoms with Crippen LogP contribution in [0.4, 0.5) is 5.69 Å². The van der Waals surface area contributed by atoms with Crippen LogP contribution in [-0.2, 0) is 16.1 Å². The van der Waals surface area contributed by atoms with Gasteiger partial charge in [-0.25, -0.2) is 4.98 Å². The van der Waals surface area contributed by atoms with Crippen molar-refractivity contribution in [1.82, 2.24) is 14.9 Å². The molecule has 0 bridgehead atoms. The maximum atomic E-state index is 13.1. The highest BCUT2D eigenvalue weighted by atomic mass is 79.9. The molecule has 2 aromatic carbocycles. The van der Waals surface area contributed by atoms with Crippen molar-refractivity contribution in [3.05, 3.63) is 69.2 Å². The highest BCUT2D eigenvalue weighted by molar-refractivity contribution is 9.10. The van der Waals surface area contributed by atoms with Gasteiger partial charge in [0.15, 0.2) is 0 Å². The van der Waals surface area contributed by atoms with Crippen LogP contribution in [0.5, 0.6) is 0 Å². The largest absolute Gasteiger partial charge is 0.335 e. The topological polar surface area (TPSA) is 86.4 Å². The average Bonchev–Trinajstić information content (AvgIpc) is 3.13. The molecule has 1 fully saturated rings. The molecule has 1 aliphatic heterocycles. The number of halogens is 1. The predicted molar refractivity (Wildman–Crippen MR) is 118 cm³/mol. The molecule has 154 valence electrons. The molecule has 1 unspecified atom stereocenters. The van der Waals surface area contributed by atoms with Gasteiger partial charge in [0.2, 0.25) is 11.8 Å². The second-order valence-corrected chi connectivity index (χ2v) is 8.02. The molecule has 0 aliphatic carbocycles. The SMILES string of the molecule is CCN(Cc1nc2ccccc2c(=O)[nH]1)C(=O)C1CCN(c2ccccc2Br)C1=O. The van der Waals surface area contributed by atoms with Gasteiger partial charge in [-0.15, -0.1) is 0 Å². The Hall–Kier alpha value is -3.00. The fraction of sp³-hybridized carbons (Fsp3) is 0.273. The summed E-state index contributed by atoms with van der Waals surface area (Å²) in [6.07, 6.45) is 0.456. The maximum absolute atomic E-state index is 13.1. The fourth-order valence-electron chi connectivity index (χ4n) is 3.78. The van der Waals surface area contributed by atoms with E-state index in [4.69, 9.17) is 0 Å². The summed E-state index contributed by atoms with van der Waals surface area (Å²) < 4.78 is 0.816. The summed E-state index contributed by atoms with van der Waals surface area (Å²) in [4.78, 5) is 48.9. The second kappa shape index (κ2) is 8.39. The molecule has 7 nitrogen and oxygen atoms in total. The zero-order valence-electron chi connectivity index (χ0n) is 16.5. The quantitative estimate of drug-likeness (QED) is 0.582. The third kappa shape index (κ3) is 3.75. The van der Waals surface area contributed by atoms with Crippen molar-refractivity contribution in [2.75, 3.05) is 18.0 Å². The number of amides is 2. The minimum atomic E-state index is -0.732. The minimum absolute atomic E-state index is 0.147. The number of H-pyrrole nitrogens is 1. The molecule has 0 radical (unpaired) electrons. The number of benzene rings is 2. The lowest BCUT2D eigenvalue weighted by Gasteiger charge is -2.24. The van der Waals surface area contributed by atoms with Crippen molar-refractivity contribution in [2.24, 2.45) is 5.92 Å². The molecule has 1 saturated heterocycles. The number of anilines is 1. The molecule has 2 amide bonds. The van der Waals surface area contributed by atoms with Crippen molar-refractivity contribution in [3.8, 4) is 0 Å². The number of aromatic nitrogens is 2. The van der Waals surface area contributed by atoms with Gasteiger partial charge in [0.25, 0.3) is 5.56 Å². The van der Waals surface area contributed by atoms with E-state index < -0.39 is 5.92 Å². The third-order valence-electron chi connectivity index (χ3n) is 5.34. The first-order chi connectivity index (χ1) is 14.5. The van der Waals surface area contributed by atoms with Crippen LogP contribution < -0.4 is 10.5 Å². The van der Waals surface area contributed by atoms with Crippen LogP contribution in [-0.4, -0.2) is 39.8 Å². The molecule has 8 heteroatoms. The molecule has 1 N–H and O–H groups in total. The number of fused-ring (bicyclic) bond motifs is 1. The van der Waals surface area contributed by atoms with E-state index in [0.29, 0.717) is 36.2 Å². The van der Waals surface area contributed by atoms with Gasteiger partial charge in [0.05, 0.1) is 23.1 Å². The van der Waals surface area contributed by atoms with Gasteiger partial charge in [-0.05, 0) is 53.5 Å². The molecule has 1 aliphatic rings. The van der Waals surface area contributed by atoms with Crippen LogP contribution in [0.3, 0.4) is 0 Å². The number of nitrogens with one attached hydrogen (secondary N) is 1. The van der Waals surface area contributed by atoms with Crippen molar-refractivity contribution in [2.45, 2.75) is 19.9 Å². The summed E-state index contributed by atoms with van der Waals surface area (Å²) in [5.74, 6) is -0.774. The zero-order valence-corrected chi connectivity index (χ0v) is 18.1. The lowest BCUT2D eigenvalue weighted by Crippen LogP contribution is -2.40. The molecule has 30 heavy (non-hydrogen) atoms. The fourth-order valence-corrected chi connectivity index (χ4v) is 4.27. The lowest BCUT2D eigenvalue weighted by molar-refractivity contribution is -0.140. The number of aromatic amines is 1. The molecule has 3 aromatic rings. The normalized spacial score (nSPS) is 16.3. The van der Waals surface area contributed by atoms with E-state index in [9.17, 15) is 14.4 Å². The van der Waals surface area contributed by atoms with E-state index in [2.05, 4.69) is 25.9 Å². The minimum Gasteiger partial charge on any atom is -0.335 e. The number of hydrogen-bond donors (Lipinski definition) is 1. The van der Waals surface area contributed by atoms with Crippen LogP contribution in [0, 0.1) is 5.92 Å². The molecule has 4 rings (SSSR count). The van der Waals surface area contributed by atoms with Gasteiger partial charge in [0.1, 0.15) is 11.7 Å². The lowest BCUT2D eigenvalue weighted by atomic mass is 10.1. The maximum Gasteiger partial charge on any atom is 0.258 e. The van der Waals surface area contributed by atoms with E-state index in [1.807, 2.05) is 37.3 Å². The summed E-state index contributed by atoms with van der Waals surface area (Å²) in [5, 5.41) is 0.505. The zero-order chi connectivity index (χ0) is 21.3. The Morgan fingerprint density at radius 2 is 1.93 bits per heavy atom. The van der Waals surface area contributed by atoms with Crippen LogP contribution in [0.25, 0.3) is 10.9 Å². The Morgan fingerprint density at radius 3 is 2.70 bits per heavy atom. The van der Waals surface area contributed by atoms with Gasteiger partial charge in [0, 0.05) is 17.6 Å². The highest BCUT2D eigenvalue weighted by Crippen LogP contribution is 2.32. The van der Waals surface area contributed by atoms with Crippen molar-refractivity contribution >= 4 is 44.3 Å². The summed E-state index contributed by atoms with van der Waals surface area (Å²) in [7, 11) is 0. The average molecular weight is 469 g/mol. The molecular weight excluding hydrogens is 448 g/mol. The van der Waals surface area contributed by atoms with E-state index in [0.717, 1.165) is 10.2 Å². The summed E-state index contributed by atoms with van der Waals surface area (Å²) in [6.45, 7) is 2.89. The van der Waals surface area contributed by atoms with Crippen LogP contribution in [0.2, 0.25) is 0 Å². The van der Waals surface area contributed by atoms with Crippen molar-refractivity contribution in [3.63, 3.8) is 0 Å². The first-order valence-corrected chi connectivity index (χ1v) is 10.6. The number of hydrogen-bond acceptors (Lipinski definition) is 4. The van der Waals surface area contributed by atoms with Gasteiger partial charge in [-0.1, -0.05) is 24.3 Å². The summed E-state index contributed by atoms with van der Waals surface area (Å²) in [5.41, 5.74) is 1.11. The summed E-state index contributed by atoms with van der Waals surface area (Å²) in [6, 6.07) is 14.5. The second-order valence-electron chi connectivity index (χ2n) is 7.16. The highest BCUT2D eigenvalue weighted by Gasteiger charge is 2.40. The molecule has 0 spiro atoms. The Morgan fingerprint density at radius 1 is 1.20 bits per heavy atom. The van der Waals surface area contributed by atoms with Gasteiger partial charge in [-0.2, -0.15) is 0 Å². The van der Waals surface area contributed by atoms with E-state index in [-0.39, 0.29) is 23.9 Å². The van der Waals surface area contributed by atoms with Crippen LogP contribution >= 0.6 is 15.9 Å². The predicted octanol–water partition coefficient (Wildman–Crippen LogP) is 3.09. The van der Waals surface area contributed by atoms with E-state index >= 15 is 0 Å². The number of carbonyl (C=O) groups excluding carboxylic acids is 2. The van der Waals surface area contributed by atoms with Gasteiger partial charge < -0.3 is 14.8 Å². The van der Waals surface area contributed by atoms with Crippen LogP contribution in [0.1, 0.15) is 19.2 Å². The Balaban J connectivity index is 1.54. The van der Waals surface area contributed by atoms with Crippen molar-refractivity contribution < 1.29 is 9.59 Å². The standard InChI is InChI=1S/C22H21BrN4O3/c1-2-26(13-19-24-17-9-5-3-7-14(17)20(28)25-19)21(29)15-11-12-27(22(15)30)18-10-6-4-8-16(18)23/h3-10,15H,2,11-13H2,1H3,(H,24,25,28). The number of carbonyl (C=O) groups is 2. The Labute approximate surface area is 181 Å². The van der Waals surface area contributed by atoms with Gasteiger partial charge >= 0.3 is 0 Å². The smallest absolute Gasteiger partial charge is 0.258 e. The summed E-state index contributed by atoms with van der Waals surface area (Å²) >= 11 is 3.47. The molecule has 2 heterocycles. The molecule has 0 saturated carbocycles. The molecular formula is C22H21BrN4O3. The Kier molecular flexibility index (Phi) is 5.67. The monoisotopic (exact) mass is 468 g/mol. The Bertz CT molecular complexity index is 1180. The van der Waals surface area contributed by atoms with E-state index in [1.165, 1.54) is 0 Å². The molecule has 1 atom stereocenters. The first kappa shape index (κ1) is 20.3. The molecule has 1 aromatic heterocycles. The third-order valence-corrected chi connectivity index (χ3v) is 6.01. The number of nitrogens with zero attached hydrogens (tertiary/aromatic N) is 3. The first-order valence-electron chi connectivity index (χ1n) is 9.82. The van der Waals surface area contributed by atoms with Crippen LogP contribution in [0.15, 0.2) is 57.8 Å². The number of rotatable bonds is 5.